The molecule has 0 aromatic carbocycles. The molecule has 14 heavy (non-hydrogen) atoms. The second kappa shape index (κ2) is 3.26. The van der Waals surface area contributed by atoms with Crippen LogP contribution in [0.3, 0.4) is 0 Å². The van der Waals surface area contributed by atoms with E-state index in [0.29, 0.717) is 11.1 Å². The van der Waals surface area contributed by atoms with Crippen LogP contribution in [0.4, 0.5) is 0 Å². The van der Waals surface area contributed by atoms with Gasteiger partial charge >= 0.3 is 5.97 Å². The fraction of sp³-hybridized carbons (Fsp3) is 0.125. The Bertz CT molecular complexity index is 494. The Balaban J connectivity index is 2.55. The van der Waals surface area contributed by atoms with Crippen LogP contribution in [-0.2, 0) is 4.74 Å². The zero-order chi connectivity index (χ0) is 10.1. The van der Waals surface area contributed by atoms with Gasteiger partial charge in [0.05, 0.1) is 13.3 Å². The SMILES string of the molecule is COC(=O)c1cc2oc(Cl)nc2cn1. The summed E-state index contributed by atoms with van der Waals surface area (Å²) in [6, 6.07) is 1.43. The van der Waals surface area contributed by atoms with Gasteiger partial charge < -0.3 is 9.15 Å². The van der Waals surface area contributed by atoms with E-state index in [1.165, 1.54) is 19.4 Å². The third-order valence-corrected chi connectivity index (χ3v) is 1.80. The van der Waals surface area contributed by atoms with Gasteiger partial charge in [-0.2, -0.15) is 4.98 Å². The molecule has 2 rings (SSSR count). The Morgan fingerprint density at radius 3 is 3.14 bits per heavy atom. The Morgan fingerprint density at radius 1 is 1.64 bits per heavy atom. The smallest absolute Gasteiger partial charge is 0.356 e. The molecule has 5 nitrogen and oxygen atoms in total. The fourth-order valence-corrected chi connectivity index (χ4v) is 1.19. The largest absolute Gasteiger partial charge is 0.464 e. The second-order valence-corrected chi connectivity index (χ2v) is 2.82. The molecule has 0 saturated heterocycles. The topological polar surface area (TPSA) is 65.2 Å². The summed E-state index contributed by atoms with van der Waals surface area (Å²) in [6.07, 6.45) is 1.40. The maximum atomic E-state index is 11.1. The molecular formula is C8H5ClN2O3. The number of carbonyl (C=O) groups is 1. The van der Waals surface area contributed by atoms with Crippen LogP contribution < -0.4 is 0 Å². The van der Waals surface area contributed by atoms with Gasteiger partial charge in [0.25, 0.3) is 5.35 Å². The predicted octanol–water partition coefficient (Wildman–Crippen LogP) is 1.66. The molecule has 0 atom stereocenters. The van der Waals surface area contributed by atoms with E-state index in [1.54, 1.807) is 0 Å². The zero-order valence-corrected chi connectivity index (χ0v) is 7.91. The van der Waals surface area contributed by atoms with Gasteiger partial charge in [0.15, 0.2) is 11.3 Å². The highest BCUT2D eigenvalue weighted by Gasteiger charge is 2.11. The number of aromatic nitrogens is 2. The van der Waals surface area contributed by atoms with Gasteiger partial charge in [-0.15, -0.1) is 0 Å². The van der Waals surface area contributed by atoms with Gasteiger partial charge in [-0.25, -0.2) is 9.78 Å². The number of pyridine rings is 1. The molecule has 0 radical (unpaired) electrons. The lowest BCUT2D eigenvalue weighted by atomic mass is 10.3. The van der Waals surface area contributed by atoms with Gasteiger partial charge in [0.2, 0.25) is 0 Å². The van der Waals surface area contributed by atoms with Crippen molar-refractivity contribution in [2.75, 3.05) is 7.11 Å². The molecule has 0 aliphatic rings. The molecule has 72 valence electrons. The number of hydrogen-bond acceptors (Lipinski definition) is 5. The average Bonchev–Trinajstić information content (AvgIpc) is 2.55. The van der Waals surface area contributed by atoms with Crippen LogP contribution in [0, 0.1) is 0 Å². The lowest BCUT2D eigenvalue weighted by molar-refractivity contribution is 0.0594. The van der Waals surface area contributed by atoms with Gasteiger partial charge in [-0.05, 0) is 11.6 Å². The Kier molecular flexibility index (Phi) is 2.09. The first-order valence-corrected chi connectivity index (χ1v) is 4.09. The van der Waals surface area contributed by atoms with Crippen LogP contribution in [0.25, 0.3) is 11.1 Å². The van der Waals surface area contributed by atoms with Gasteiger partial charge in [-0.1, -0.05) is 0 Å². The number of fused-ring (bicyclic) bond motifs is 1. The molecule has 0 aliphatic heterocycles. The van der Waals surface area contributed by atoms with E-state index in [4.69, 9.17) is 16.0 Å². The molecule has 0 amide bonds. The van der Waals surface area contributed by atoms with Crippen LogP contribution in [0.5, 0.6) is 0 Å². The van der Waals surface area contributed by atoms with Crippen LogP contribution >= 0.6 is 11.6 Å². The van der Waals surface area contributed by atoms with Crippen molar-refractivity contribution in [2.24, 2.45) is 0 Å². The fourth-order valence-electron chi connectivity index (χ4n) is 1.02. The number of oxazole rings is 1. The molecule has 0 N–H and O–H groups in total. The first-order valence-electron chi connectivity index (χ1n) is 3.71. The van der Waals surface area contributed by atoms with E-state index in [9.17, 15) is 4.79 Å². The van der Waals surface area contributed by atoms with Crippen molar-refractivity contribution in [1.82, 2.24) is 9.97 Å². The van der Waals surface area contributed by atoms with E-state index < -0.39 is 5.97 Å². The number of rotatable bonds is 1. The van der Waals surface area contributed by atoms with Crippen molar-refractivity contribution in [2.45, 2.75) is 0 Å². The molecule has 0 aliphatic carbocycles. The molecule has 0 unspecified atom stereocenters. The third kappa shape index (κ3) is 1.42. The standard InChI is InChI=1S/C8H5ClN2O3/c1-13-7(12)4-2-6-5(3-10-4)11-8(9)14-6/h2-3H,1H3. The molecule has 0 bridgehead atoms. The highest BCUT2D eigenvalue weighted by Crippen LogP contribution is 2.18. The monoisotopic (exact) mass is 212 g/mol. The summed E-state index contributed by atoms with van der Waals surface area (Å²) in [5, 5.41) is 0.0174. The van der Waals surface area contributed by atoms with Crippen LogP contribution in [0.1, 0.15) is 10.5 Å². The molecule has 2 aromatic rings. The summed E-state index contributed by atoms with van der Waals surface area (Å²) >= 11 is 5.53. The molecule has 6 heteroatoms. The number of nitrogens with zero attached hydrogens (tertiary/aromatic N) is 2. The number of carbonyl (C=O) groups excluding carboxylic acids is 1. The van der Waals surface area contributed by atoms with E-state index >= 15 is 0 Å². The van der Waals surface area contributed by atoms with E-state index in [0.717, 1.165) is 0 Å². The van der Waals surface area contributed by atoms with Gasteiger partial charge in [0.1, 0.15) is 5.52 Å². The van der Waals surface area contributed by atoms with E-state index in [1.807, 2.05) is 0 Å². The first kappa shape index (κ1) is 8.96. The molecule has 0 fully saturated rings. The van der Waals surface area contributed by atoms with Crippen LogP contribution in [0.15, 0.2) is 16.7 Å². The maximum absolute atomic E-state index is 11.1. The Hall–Kier alpha value is -1.62. The predicted molar refractivity (Wildman–Crippen MR) is 48.2 cm³/mol. The number of hydrogen-bond donors (Lipinski definition) is 0. The van der Waals surface area contributed by atoms with Gasteiger partial charge in [-0.3, -0.25) is 0 Å². The number of ether oxygens (including phenoxy) is 1. The molecule has 0 saturated carbocycles. The van der Waals surface area contributed by atoms with E-state index in [2.05, 4.69) is 14.7 Å². The number of esters is 1. The molecule has 2 aromatic heterocycles. The molecule has 0 spiro atoms. The lowest BCUT2D eigenvalue weighted by Crippen LogP contribution is -2.03. The van der Waals surface area contributed by atoms with Crippen molar-refractivity contribution < 1.29 is 13.9 Å². The Morgan fingerprint density at radius 2 is 2.43 bits per heavy atom. The van der Waals surface area contributed by atoms with Crippen molar-refractivity contribution in [3.8, 4) is 0 Å². The van der Waals surface area contributed by atoms with Crippen molar-refractivity contribution >= 4 is 28.7 Å². The number of halogens is 1. The highest BCUT2D eigenvalue weighted by molar-refractivity contribution is 6.28. The highest BCUT2D eigenvalue weighted by atomic mass is 35.5. The zero-order valence-electron chi connectivity index (χ0n) is 7.15. The first-order chi connectivity index (χ1) is 6.70. The van der Waals surface area contributed by atoms with Crippen molar-refractivity contribution in [1.29, 1.82) is 0 Å². The van der Waals surface area contributed by atoms with Crippen LogP contribution in [-0.4, -0.2) is 23.0 Å². The minimum atomic E-state index is -0.528. The summed E-state index contributed by atoms with van der Waals surface area (Å²) in [5.41, 5.74) is 1.07. The van der Waals surface area contributed by atoms with Crippen LogP contribution in [0.2, 0.25) is 5.35 Å². The van der Waals surface area contributed by atoms with Gasteiger partial charge in [0, 0.05) is 6.07 Å². The van der Waals surface area contributed by atoms with Crippen molar-refractivity contribution in [3.05, 3.63) is 23.3 Å². The summed E-state index contributed by atoms with van der Waals surface area (Å²) in [7, 11) is 1.28. The normalized spacial score (nSPS) is 10.4. The maximum Gasteiger partial charge on any atom is 0.356 e. The third-order valence-electron chi connectivity index (χ3n) is 1.64. The Labute approximate surface area is 83.7 Å². The number of methoxy groups -OCH3 is 1. The summed E-state index contributed by atoms with van der Waals surface area (Å²) in [4.78, 5) is 18.7. The summed E-state index contributed by atoms with van der Waals surface area (Å²) in [6.45, 7) is 0. The minimum absolute atomic E-state index is 0.0174. The quantitative estimate of drug-likeness (QED) is 0.673. The summed E-state index contributed by atoms with van der Waals surface area (Å²) in [5.74, 6) is -0.528. The minimum Gasteiger partial charge on any atom is -0.464 e. The second-order valence-electron chi connectivity index (χ2n) is 2.50. The summed E-state index contributed by atoms with van der Waals surface area (Å²) < 4.78 is 9.51. The molecule has 2 heterocycles. The van der Waals surface area contributed by atoms with E-state index in [-0.39, 0.29) is 11.0 Å². The molecular weight excluding hydrogens is 208 g/mol. The lowest BCUT2D eigenvalue weighted by Gasteiger charge is -1.95. The average molecular weight is 213 g/mol. The van der Waals surface area contributed by atoms with Crippen molar-refractivity contribution in [3.63, 3.8) is 0 Å².